The van der Waals surface area contributed by atoms with Crippen molar-refractivity contribution in [3.05, 3.63) is 123 Å². The standard InChI is InChI=1S/C41H37ClFN7O5/c1-54-34-8-3-7-33(43)37(34)39-32-19-27(42)11-14-30(32)38-26(21-46-39)22-47-41(50-38)49-29-13-15-31(35(20-29)55-2)40(53)45-17-5-9-36(52)48-28-12-10-24(6-4-16-44)25(18-28)23-51/h3,7-8,10-15,18-20,22,51H,5,9,16-17,21,23,44H2,1-2H3,(H,45,53)(H,48,52)(H,47,49,50). The first-order valence-corrected chi connectivity index (χ1v) is 17.6. The molecule has 14 heteroatoms. The summed E-state index contributed by atoms with van der Waals surface area (Å²) in [5.41, 5.74) is 11.2. The van der Waals surface area contributed by atoms with E-state index in [1.54, 1.807) is 66.9 Å². The number of methoxy groups -OCH3 is 2. The number of ether oxygens (including phenoxy) is 2. The number of anilines is 3. The minimum atomic E-state index is -0.482. The fourth-order valence-corrected chi connectivity index (χ4v) is 6.20. The molecule has 6 N–H and O–H groups in total. The number of benzene rings is 4. The van der Waals surface area contributed by atoms with E-state index >= 15 is 4.39 Å². The third-order valence-electron chi connectivity index (χ3n) is 8.65. The van der Waals surface area contributed by atoms with E-state index in [-0.39, 0.29) is 56.0 Å². The van der Waals surface area contributed by atoms with Crippen molar-refractivity contribution in [3.63, 3.8) is 0 Å². The molecule has 0 bridgehead atoms. The number of nitrogens with one attached hydrogen (secondary N) is 3. The van der Waals surface area contributed by atoms with Crippen LogP contribution in [-0.2, 0) is 17.9 Å². The highest BCUT2D eigenvalue weighted by Crippen LogP contribution is 2.36. The molecule has 0 unspecified atom stereocenters. The largest absolute Gasteiger partial charge is 0.496 e. The number of aliphatic imine (C=N–C) groups is 1. The van der Waals surface area contributed by atoms with Gasteiger partial charge in [-0.1, -0.05) is 35.6 Å². The molecule has 1 aliphatic rings. The summed E-state index contributed by atoms with van der Waals surface area (Å²) in [5.74, 6) is 5.47. The zero-order chi connectivity index (χ0) is 38.9. The molecule has 0 saturated heterocycles. The van der Waals surface area contributed by atoms with E-state index in [0.717, 1.165) is 5.56 Å². The van der Waals surface area contributed by atoms with E-state index in [1.807, 2.05) is 6.07 Å². The number of nitrogens with two attached hydrogens (primary N) is 1. The fourth-order valence-electron chi connectivity index (χ4n) is 6.03. The second-order valence-electron chi connectivity index (χ2n) is 12.2. The number of hydrogen-bond donors (Lipinski definition) is 5. The van der Waals surface area contributed by atoms with Crippen LogP contribution in [0.15, 0.2) is 84.0 Å². The summed E-state index contributed by atoms with van der Waals surface area (Å²) < 4.78 is 26.3. The van der Waals surface area contributed by atoms with Crippen LogP contribution in [-0.4, -0.2) is 59.9 Å². The summed E-state index contributed by atoms with van der Waals surface area (Å²) in [6, 6.07) is 19.9. The molecule has 2 amide bonds. The van der Waals surface area contributed by atoms with Crippen LogP contribution in [0.2, 0.25) is 5.02 Å². The predicted octanol–water partition coefficient (Wildman–Crippen LogP) is 6.00. The topological polar surface area (TPSA) is 173 Å². The van der Waals surface area contributed by atoms with Gasteiger partial charge in [-0.25, -0.2) is 14.4 Å². The minimum Gasteiger partial charge on any atom is -0.496 e. The number of aliphatic hydroxyl groups is 1. The summed E-state index contributed by atoms with van der Waals surface area (Å²) in [7, 11) is 2.94. The Labute approximate surface area is 322 Å². The molecule has 280 valence electrons. The van der Waals surface area contributed by atoms with E-state index in [0.29, 0.717) is 73.5 Å². The van der Waals surface area contributed by atoms with Crippen molar-refractivity contribution in [2.24, 2.45) is 10.7 Å². The minimum absolute atomic E-state index is 0.159. The van der Waals surface area contributed by atoms with Gasteiger partial charge in [0.25, 0.3) is 5.91 Å². The molecule has 6 rings (SSSR count). The maximum Gasteiger partial charge on any atom is 0.255 e. The predicted molar refractivity (Wildman–Crippen MR) is 210 cm³/mol. The Kier molecular flexibility index (Phi) is 12.3. The highest BCUT2D eigenvalue weighted by molar-refractivity contribution is 6.31. The lowest BCUT2D eigenvalue weighted by atomic mass is 9.94. The molecule has 0 fully saturated rings. The first kappa shape index (κ1) is 38.4. The van der Waals surface area contributed by atoms with E-state index in [2.05, 4.69) is 32.8 Å². The van der Waals surface area contributed by atoms with Crippen LogP contribution in [0.4, 0.5) is 21.7 Å². The monoisotopic (exact) mass is 761 g/mol. The number of aliphatic hydroxyl groups excluding tert-OH is 1. The first-order valence-electron chi connectivity index (χ1n) is 17.2. The highest BCUT2D eigenvalue weighted by atomic mass is 35.5. The Morgan fingerprint density at radius 2 is 1.82 bits per heavy atom. The van der Waals surface area contributed by atoms with Gasteiger partial charge in [-0.15, -0.1) is 0 Å². The van der Waals surface area contributed by atoms with Gasteiger partial charge in [-0.05, 0) is 66.6 Å². The molecular formula is C41H37ClFN7O5. The molecule has 12 nitrogen and oxygen atoms in total. The third-order valence-corrected chi connectivity index (χ3v) is 8.88. The van der Waals surface area contributed by atoms with Crippen molar-refractivity contribution < 1.29 is 28.6 Å². The Morgan fingerprint density at radius 3 is 2.60 bits per heavy atom. The Balaban J connectivity index is 1.11. The molecule has 0 saturated carbocycles. The zero-order valence-corrected chi connectivity index (χ0v) is 30.8. The van der Waals surface area contributed by atoms with Gasteiger partial charge in [0.2, 0.25) is 11.9 Å². The molecule has 0 atom stereocenters. The van der Waals surface area contributed by atoms with Crippen molar-refractivity contribution in [1.29, 1.82) is 0 Å². The number of fused-ring (bicyclic) bond motifs is 3. The van der Waals surface area contributed by atoms with Crippen molar-refractivity contribution in [2.45, 2.75) is 26.0 Å². The second-order valence-corrected chi connectivity index (χ2v) is 12.7. The summed E-state index contributed by atoms with van der Waals surface area (Å²) in [6.45, 7) is 0.396. The number of halogens is 2. The number of nitrogens with zero attached hydrogens (tertiary/aromatic N) is 3. The van der Waals surface area contributed by atoms with E-state index < -0.39 is 5.82 Å². The van der Waals surface area contributed by atoms with Crippen LogP contribution in [0.25, 0.3) is 11.3 Å². The second kappa shape index (κ2) is 17.7. The zero-order valence-electron chi connectivity index (χ0n) is 30.0. The number of rotatable bonds is 12. The van der Waals surface area contributed by atoms with Crippen molar-refractivity contribution >= 4 is 46.5 Å². The fraction of sp³-hybridized carbons (Fsp3) is 0.195. The SMILES string of the molecule is COc1cc(Nc2ncc3c(n2)-c2ccc(Cl)cc2C(c2c(F)cccc2OC)=NC3)ccc1C(=O)NCCCC(=O)Nc1ccc(C#CCN)c(CO)c1. The molecular weight excluding hydrogens is 725 g/mol. The number of aromatic nitrogens is 2. The number of amides is 2. The summed E-state index contributed by atoms with van der Waals surface area (Å²) in [5, 5.41) is 18.9. The van der Waals surface area contributed by atoms with E-state index in [1.165, 1.54) is 20.3 Å². The first-order chi connectivity index (χ1) is 26.7. The number of hydrogen-bond acceptors (Lipinski definition) is 10. The quantitative estimate of drug-likeness (QED) is 0.0755. The molecule has 1 aromatic heterocycles. The Hall–Kier alpha value is -6.33. The summed E-state index contributed by atoms with van der Waals surface area (Å²) >= 11 is 6.43. The van der Waals surface area contributed by atoms with Gasteiger partial charge < -0.3 is 36.3 Å². The van der Waals surface area contributed by atoms with E-state index in [4.69, 9.17) is 36.8 Å². The Morgan fingerprint density at radius 1 is 1.00 bits per heavy atom. The van der Waals surface area contributed by atoms with Gasteiger partial charge in [0.05, 0.1) is 56.4 Å². The van der Waals surface area contributed by atoms with Crippen molar-refractivity contribution in [3.8, 4) is 34.6 Å². The van der Waals surface area contributed by atoms with Crippen LogP contribution < -0.4 is 31.2 Å². The molecule has 0 spiro atoms. The van der Waals surface area contributed by atoms with Crippen molar-refractivity contribution in [1.82, 2.24) is 15.3 Å². The molecule has 1 aliphatic heterocycles. The van der Waals surface area contributed by atoms with Gasteiger partial charge >= 0.3 is 0 Å². The highest BCUT2D eigenvalue weighted by Gasteiger charge is 2.26. The van der Waals surface area contributed by atoms with Gasteiger partial charge in [0, 0.05) is 63.9 Å². The van der Waals surface area contributed by atoms with Gasteiger partial charge in [-0.3, -0.25) is 14.6 Å². The van der Waals surface area contributed by atoms with Crippen LogP contribution in [0, 0.1) is 17.7 Å². The van der Waals surface area contributed by atoms with Gasteiger partial charge in [-0.2, -0.15) is 0 Å². The van der Waals surface area contributed by atoms with Crippen LogP contribution in [0.3, 0.4) is 0 Å². The average Bonchev–Trinajstić information content (AvgIpc) is 3.34. The molecule has 55 heavy (non-hydrogen) atoms. The van der Waals surface area contributed by atoms with E-state index in [9.17, 15) is 14.7 Å². The number of carbonyl (C=O) groups is 2. The lowest BCUT2D eigenvalue weighted by Crippen LogP contribution is -2.26. The smallest absolute Gasteiger partial charge is 0.255 e. The van der Waals surface area contributed by atoms with Gasteiger partial charge in [0.15, 0.2) is 0 Å². The number of carbonyl (C=O) groups excluding carboxylic acids is 2. The maximum atomic E-state index is 15.3. The third kappa shape index (κ3) is 8.90. The van der Waals surface area contributed by atoms with Crippen LogP contribution in [0.1, 0.15) is 51.0 Å². The Bertz CT molecular complexity index is 2360. The van der Waals surface area contributed by atoms with Gasteiger partial charge in [0.1, 0.15) is 17.3 Å². The lowest BCUT2D eigenvalue weighted by Gasteiger charge is -2.15. The summed E-state index contributed by atoms with van der Waals surface area (Å²) in [4.78, 5) is 39.7. The molecule has 0 radical (unpaired) electrons. The van der Waals surface area contributed by atoms with Crippen LogP contribution >= 0.6 is 11.6 Å². The van der Waals surface area contributed by atoms with Crippen molar-refractivity contribution in [2.75, 3.05) is 37.9 Å². The molecule has 4 aromatic carbocycles. The molecule has 2 heterocycles. The molecule has 0 aliphatic carbocycles. The summed E-state index contributed by atoms with van der Waals surface area (Å²) in [6.07, 6.45) is 2.21. The lowest BCUT2D eigenvalue weighted by molar-refractivity contribution is -0.116. The van der Waals surface area contributed by atoms with Crippen LogP contribution in [0.5, 0.6) is 11.5 Å². The maximum absolute atomic E-state index is 15.3. The molecule has 5 aromatic rings. The average molecular weight is 762 g/mol. The normalized spacial score (nSPS) is 11.5.